The monoisotopic (exact) mass is 237 g/mol. The van der Waals surface area contributed by atoms with E-state index in [0.29, 0.717) is 12.1 Å². The van der Waals surface area contributed by atoms with Gasteiger partial charge in [0.1, 0.15) is 5.76 Å². The lowest BCUT2D eigenvalue weighted by Crippen LogP contribution is -2.20. The summed E-state index contributed by atoms with van der Waals surface area (Å²) in [5, 5.41) is 3.48. The second kappa shape index (κ2) is 6.82. The van der Waals surface area contributed by atoms with Crippen LogP contribution in [0, 0.1) is 0 Å². The van der Waals surface area contributed by atoms with Crippen LogP contribution in [0.4, 0.5) is 0 Å². The van der Waals surface area contributed by atoms with E-state index in [1.807, 2.05) is 6.07 Å². The van der Waals surface area contributed by atoms with Crippen LogP contribution in [0.25, 0.3) is 0 Å². The van der Waals surface area contributed by atoms with Crippen LogP contribution >= 0.6 is 0 Å². The zero-order valence-corrected chi connectivity index (χ0v) is 10.7. The van der Waals surface area contributed by atoms with Crippen LogP contribution in [0.5, 0.6) is 0 Å². The molecule has 0 amide bonds. The smallest absolute Gasteiger partial charge is 0.120 e. The summed E-state index contributed by atoms with van der Waals surface area (Å²) in [6.07, 6.45) is 8.24. The number of rotatable bonds is 7. The Morgan fingerprint density at radius 3 is 3.12 bits per heavy atom. The molecule has 1 fully saturated rings. The number of ether oxygens (including phenoxy) is 1. The first-order chi connectivity index (χ1) is 8.40. The number of hydrogen-bond donors (Lipinski definition) is 1. The van der Waals surface area contributed by atoms with Gasteiger partial charge in [-0.1, -0.05) is 6.92 Å². The molecule has 3 heteroatoms. The van der Waals surface area contributed by atoms with Crippen molar-refractivity contribution in [1.29, 1.82) is 0 Å². The van der Waals surface area contributed by atoms with E-state index in [-0.39, 0.29) is 0 Å². The molecular formula is C14H23NO2. The zero-order valence-electron chi connectivity index (χ0n) is 10.7. The van der Waals surface area contributed by atoms with Gasteiger partial charge in [-0.2, -0.15) is 0 Å². The fourth-order valence-electron chi connectivity index (χ4n) is 2.50. The topological polar surface area (TPSA) is 34.4 Å². The second-order valence-electron chi connectivity index (χ2n) is 4.69. The molecule has 1 aliphatic rings. The highest BCUT2D eigenvalue weighted by Crippen LogP contribution is 2.23. The molecule has 2 heterocycles. The first-order valence-electron chi connectivity index (χ1n) is 6.78. The molecule has 0 aromatic carbocycles. The van der Waals surface area contributed by atoms with Gasteiger partial charge in [-0.3, -0.25) is 0 Å². The molecule has 3 nitrogen and oxygen atoms in total. The molecule has 0 saturated carbocycles. The molecule has 1 aromatic rings. The summed E-state index contributed by atoms with van der Waals surface area (Å²) in [6.45, 7) is 4.07. The molecule has 1 aliphatic heterocycles. The highest BCUT2D eigenvalue weighted by molar-refractivity contribution is 5.04. The maximum atomic E-state index is 5.64. The summed E-state index contributed by atoms with van der Waals surface area (Å²) in [6, 6.07) is 4.37. The average Bonchev–Trinajstić information content (AvgIpc) is 3.01. The van der Waals surface area contributed by atoms with Crippen molar-refractivity contribution < 1.29 is 9.15 Å². The standard InChI is InChI=1S/C14H23NO2/c1-2-15-13(14-9-5-11-17-14)8-3-6-12-7-4-10-16-12/h5,9,11-13,15H,2-4,6-8,10H2,1H3. The van der Waals surface area contributed by atoms with Crippen molar-refractivity contribution in [1.82, 2.24) is 5.32 Å². The Morgan fingerprint density at radius 1 is 1.53 bits per heavy atom. The summed E-state index contributed by atoms with van der Waals surface area (Å²) in [5.74, 6) is 1.05. The lowest BCUT2D eigenvalue weighted by Gasteiger charge is -2.16. The van der Waals surface area contributed by atoms with Crippen LogP contribution in [0.15, 0.2) is 22.8 Å². The summed E-state index contributed by atoms with van der Waals surface area (Å²) < 4.78 is 11.1. The van der Waals surface area contributed by atoms with Gasteiger partial charge in [0.2, 0.25) is 0 Å². The molecule has 2 rings (SSSR count). The Balaban J connectivity index is 1.73. The minimum absolute atomic E-state index is 0.358. The third-order valence-corrected chi connectivity index (χ3v) is 3.38. The Labute approximate surface area is 104 Å². The van der Waals surface area contributed by atoms with Crippen molar-refractivity contribution in [3.63, 3.8) is 0 Å². The minimum atomic E-state index is 0.358. The summed E-state index contributed by atoms with van der Waals surface area (Å²) >= 11 is 0. The molecule has 0 aliphatic carbocycles. The van der Waals surface area contributed by atoms with E-state index in [0.717, 1.165) is 25.3 Å². The van der Waals surface area contributed by atoms with E-state index in [1.165, 1.54) is 25.7 Å². The molecule has 1 saturated heterocycles. The van der Waals surface area contributed by atoms with E-state index in [9.17, 15) is 0 Å². The third-order valence-electron chi connectivity index (χ3n) is 3.38. The van der Waals surface area contributed by atoms with Crippen LogP contribution in [0.1, 0.15) is 50.8 Å². The predicted molar refractivity (Wildman–Crippen MR) is 68.0 cm³/mol. The van der Waals surface area contributed by atoms with Crippen molar-refractivity contribution in [2.75, 3.05) is 13.2 Å². The highest BCUT2D eigenvalue weighted by Gasteiger charge is 2.17. The Morgan fingerprint density at radius 2 is 2.47 bits per heavy atom. The molecule has 0 spiro atoms. The van der Waals surface area contributed by atoms with Gasteiger partial charge < -0.3 is 14.5 Å². The van der Waals surface area contributed by atoms with Gasteiger partial charge in [-0.15, -0.1) is 0 Å². The molecule has 96 valence electrons. The van der Waals surface area contributed by atoms with Gasteiger partial charge in [-0.25, -0.2) is 0 Å². The van der Waals surface area contributed by atoms with Crippen molar-refractivity contribution >= 4 is 0 Å². The van der Waals surface area contributed by atoms with Crippen LogP contribution in [0.3, 0.4) is 0 Å². The SMILES string of the molecule is CCNC(CCCC1CCCO1)c1ccco1. The number of furan rings is 1. The Bertz CT molecular complexity index is 291. The Kier molecular flexibility index (Phi) is 5.08. The van der Waals surface area contributed by atoms with Gasteiger partial charge in [-0.05, 0) is 50.8 Å². The molecule has 2 unspecified atom stereocenters. The molecule has 1 N–H and O–H groups in total. The van der Waals surface area contributed by atoms with E-state index in [2.05, 4.69) is 18.3 Å². The van der Waals surface area contributed by atoms with Crippen LogP contribution < -0.4 is 5.32 Å². The molecule has 1 aromatic heterocycles. The van der Waals surface area contributed by atoms with E-state index in [1.54, 1.807) is 6.26 Å². The zero-order chi connectivity index (χ0) is 11.9. The second-order valence-corrected chi connectivity index (χ2v) is 4.69. The fourth-order valence-corrected chi connectivity index (χ4v) is 2.50. The van der Waals surface area contributed by atoms with E-state index >= 15 is 0 Å². The van der Waals surface area contributed by atoms with Gasteiger partial charge in [0, 0.05) is 6.61 Å². The quantitative estimate of drug-likeness (QED) is 0.790. The van der Waals surface area contributed by atoms with Crippen molar-refractivity contribution in [3.8, 4) is 0 Å². The molecular weight excluding hydrogens is 214 g/mol. The van der Waals surface area contributed by atoms with Crippen molar-refractivity contribution in [3.05, 3.63) is 24.2 Å². The first-order valence-corrected chi connectivity index (χ1v) is 6.78. The van der Waals surface area contributed by atoms with Crippen molar-refractivity contribution in [2.45, 2.75) is 51.2 Å². The van der Waals surface area contributed by atoms with Crippen LogP contribution in [-0.2, 0) is 4.74 Å². The molecule has 17 heavy (non-hydrogen) atoms. The van der Waals surface area contributed by atoms with Crippen LogP contribution in [0.2, 0.25) is 0 Å². The third kappa shape index (κ3) is 3.86. The molecule has 2 atom stereocenters. The normalized spacial score (nSPS) is 21.8. The molecule has 0 bridgehead atoms. The summed E-state index contributed by atoms with van der Waals surface area (Å²) in [7, 11) is 0. The maximum absolute atomic E-state index is 5.64. The Hall–Kier alpha value is -0.800. The maximum Gasteiger partial charge on any atom is 0.120 e. The summed E-state index contributed by atoms with van der Waals surface area (Å²) in [5.41, 5.74) is 0. The average molecular weight is 237 g/mol. The van der Waals surface area contributed by atoms with Gasteiger partial charge in [0.25, 0.3) is 0 Å². The van der Waals surface area contributed by atoms with Crippen LogP contribution in [-0.4, -0.2) is 19.3 Å². The minimum Gasteiger partial charge on any atom is -0.468 e. The molecule has 0 radical (unpaired) electrons. The number of nitrogens with one attached hydrogen (secondary N) is 1. The van der Waals surface area contributed by atoms with Gasteiger partial charge in [0.15, 0.2) is 0 Å². The van der Waals surface area contributed by atoms with Crippen molar-refractivity contribution in [2.24, 2.45) is 0 Å². The summed E-state index contributed by atoms with van der Waals surface area (Å²) in [4.78, 5) is 0. The highest BCUT2D eigenvalue weighted by atomic mass is 16.5. The lowest BCUT2D eigenvalue weighted by atomic mass is 10.0. The predicted octanol–water partition coefficient (Wildman–Crippen LogP) is 3.28. The fraction of sp³-hybridized carbons (Fsp3) is 0.714. The van der Waals surface area contributed by atoms with E-state index in [4.69, 9.17) is 9.15 Å². The number of hydrogen-bond acceptors (Lipinski definition) is 3. The lowest BCUT2D eigenvalue weighted by molar-refractivity contribution is 0.101. The van der Waals surface area contributed by atoms with Gasteiger partial charge in [0.05, 0.1) is 18.4 Å². The van der Waals surface area contributed by atoms with Gasteiger partial charge >= 0.3 is 0 Å². The van der Waals surface area contributed by atoms with E-state index < -0.39 is 0 Å². The first kappa shape index (κ1) is 12.7. The largest absolute Gasteiger partial charge is 0.468 e.